The molecule has 0 radical (unpaired) electrons. The lowest BCUT2D eigenvalue weighted by molar-refractivity contribution is 0.318. The zero-order valence-electron chi connectivity index (χ0n) is 7.01. The van der Waals surface area contributed by atoms with Gasteiger partial charge in [0.15, 0.2) is 0 Å². The van der Waals surface area contributed by atoms with Gasteiger partial charge in [0.2, 0.25) is 0 Å². The van der Waals surface area contributed by atoms with Gasteiger partial charge in [0.1, 0.15) is 12.4 Å². The van der Waals surface area contributed by atoms with E-state index in [1.807, 2.05) is 25.2 Å². The van der Waals surface area contributed by atoms with Crippen molar-refractivity contribution in [3.63, 3.8) is 0 Å². The molecule has 66 valence electrons. The maximum Gasteiger partial charge on any atom is 0.120 e. The van der Waals surface area contributed by atoms with Crippen molar-refractivity contribution < 1.29 is 4.74 Å². The van der Waals surface area contributed by atoms with E-state index < -0.39 is 0 Å². The van der Waals surface area contributed by atoms with Gasteiger partial charge in [0, 0.05) is 11.6 Å². The van der Waals surface area contributed by atoms with Crippen molar-refractivity contribution in [2.24, 2.45) is 0 Å². The van der Waals surface area contributed by atoms with Crippen molar-refractivity contribution in [3.8, 4) is 5.75 Å². The van der Waals surface area contributed by atoms with Crippen LogP contribution in [0, 0.1) is 0 Å². The Morgan fingerprint density at radius 2 is 2.33 bits per heavy atom. The Morgan fingerprint density at radius 1 is 1.50 bits per heavy atom. The molecule has 0 amide bonds. The number of nitrogens with one attached hydrogen (secondary N) is 1. The van der Waals surface area contributed by atoms with Gasteiger partial charge < -0.3 is 10.1 Å². The molecule has 0 heterocycles. The van der Waals surface area contributed by atoms with Crippen molar-refractivity contribution in [1.29, 1.82) is 0 Å². The minimum absolute atomic E-state index is 0.664. The van der Waals surface area contributed by atoms with E-state index in [-0.39, 0.29) is 0 Å². The third kappa shape index (κ3) is 3.11. The van der Waals surface area contributed by atoms with Crippen LogP contribution in [0.2, 0.25) is 5.02 Å². The van der Waals surface area contributed by atoms with Gasteiger partial charge in [-0.15, -0.1) is 0 Å². The molecule has 12 heavy (non-hydrogen) atoms. The Morgan fingerprint density at radius 3 is 3.00 bits per heavy atom. The number of rotatable bonds is 4. The molecule has 0 bridgehead atoms. The lowest BCUT2D eigenvalue weighted by Gasteiger charge is -2.04. The predicted molar refractivity (Wildman–Crippen MR) is 50.9 cm³/mol. The van der Waals surface area contributed by atoms with Crippen molar-refractivity contribution in [2.75, 3.05) is 20.2 Å². The molecule has 0 aliphatic carbocycles. The molecule has 3 heteroatoms. The van der Waals surface area contributed by atoms with Gasteiger partial charge in [-0.25, -0.2) is 0 Å². The van der Waals surface area contributed by atoms with Crippen LogP contribution >= 0.6 is 11.6 Å². The summed E-state index contributed by atoms with van der Waals surface area (Å²) in [6, 6.07) is 7.39. The van der Waals surface area contributed by atoms with E-state index >= 15 is 0 Å². The number of ether oxygens (including phenoxy) is 1. The number of benzene rings is 1. The molecular formula is C9H12ClNO. The standard InChI is InChI=1S/C9H12ClNO/c1-11-5-6-12-9-4-2-3-8(10)7-9/h2-4,7,11H,5-6H2,1H3. The van der Waals surface area contributed by atoms with Crippen LogP contribution in [-0.2, 0) is 0 Å². The van der Waals surface area contributed by atoms with Crippen LogP contribution in [0.25, 0.3) is 0 Å². The highest BCUT2D eigenvalue weighted by Gasteiger charge is 1.92. The fraction of sp³-hybridized carbons (Fsp3) is 0.333. The molecule has 1 rings (SSSR count). The number of likely N-dealkylation sites (N-methyl/N-ethyl adjacent to an activating group) is 1. The largest absolute Gasteiger partial charge is 0.492 e. The van der Waals surface area contributed by atoms with Crippen molar-refractivity contribution in [3.05, 3.63) is 29.3 Å². The Balaban J connectivity index is 2.41. The summed E-state index contributed by atoms with van der Waals surface area (Å²) in [7, 11) is 1.89. The third-order valence-corrected chi connectivity index (χ3v) is 1.65. The Labute approximate surface area is 77.5 Å². The van der Waals surface area contributed by atoms with E-state index in [2.05, 4.69) is 5.32 Å². The fourth-order valence-corrected chi connectivity index (χ4v) is 1.01. The Kier molecular flexibility index (Phi) is 3.91. The number of hydrogen-bond acceptors (Lipinski definition) is 2. The molecule has 0 fully saturated rings. The fourth-order valence-electron chi connectivity index (χ4n) is 0.828. The zero-order chi connectivity index (χ0) is 8.81. The predicted octanol–water partition coefficient (Wildman–Crippen LogP) is 1.94. The third-order valence-electron chi connectivity index (χ3n) is 1.42. The van der Waals surface area contributed by atoms with E-state index in [0.717, 1.165) is 12.3 Å². The highest BCUT2D eigenvalue weighted by Crippen LogP contribution is 2.16. The van der Waals surface area contributed by atoms with E-state index in [0.29, 0.717) is 11.6 Å². The SMILES string of the molecule is CNCCOc1cccc(Cl)c1. The van der Waals surface area contributed by atoms with Crippen molar-refractivity contribution in [1.82, 2.24) is 5.32 Å². The number of hydrogen-bond donors (Lipinski definition) is 1. The zero-order valence-corrected chi connectivity index (χ0v) is 7.77. The second-order valence-electron chi connectivity index (χ2n) is 2.41. The lowest BCUT2D eigenvalue weighted by Crippen LogP contribution is -2.15. The van der Waals surface area contributed by atoms with Gasteiger partial charge >= 0.3 is 0 Å². The molecule has 0 aromatic heterocycles. The monoisotopic (exact) mass is 185 g/mol. The Bertz CT molecular complexity index is 240. The first-order valence-electron chi connectivity index (χ1n) is 3.86. The minimum atomic E-state index is 0.664. The van der Waals surface area contributed by atoms with Crippen LogP contribution in [0.1, 0.15) is 0 Å². The minimum Gasteiger partial charge on any atom is -0.492 e. The molecule has 0 saturated heterocycles. The van der Waals surface area contributed by atoms with Crippen LogP contribution in [0.3, 0.4) is 0 Å². The summed E-state index contributed by atoms with van der Waals surface area (Å²) in [5, 5.41) is 3.70. The molecular weight excluding hydrogens is 174 g/mol. The smallest absolute Gasteiger partial charge is 0.120 e. The van der Waals surface area contributed by atoms with E-state index in [9.17, 15) is 0 Å². The normalized spacial score (nSPS) is 9.83. The summed E-state index contributed by atoms with van der Waals surface area (Å²) < 4.78 is 5.38. The van der Waals surface area contributed by atoms with Crippen LogP contribution in [-0.4, -0.2) is 20.2 Å². The molecule has 2 nitrogen and oxygen atoms in total. The van der Waals surface area contributed by atoms with Crippen molar-refractivity contribution >= 4 is 11.6 Å². The summed E-state index contributed by atoms with van der Waals surface area (Å²) in [5.41, 5.74) is 0. The molecule has 0 aliphatic heterocycles. The summed E-state index contributed by atoms with van der Waals surface area (Å²) in [6.07, 6.45) is 0. The van der Waals surface area contributed by atoms with Gasteiger partial charge in [-0.05, 0) is 25.2 Å². The summed E-state index contributed by atoms with van der Waals surface area (Å²) in [6.45, 7) is 1.50. The van der Waals surface area contributed by atoms with E-state index in [1.165, 1.54) is 0 Å². The van der Waals surface area contributed by atoms with Crippen molar-refractivity contribution in [2.45, 2.75) is 0 Å². The first-order chi connectivity index (χ1) is 5.83. The van der Waals surface area contributed by atoms with Crippen LogP contribution in [0.5, 0.6) is 5.75 Å². The average Bonchev–Trinajstić information content (AvgIpc) is 2.05. The second-order valence-corrected chi connectivity index (χ2v) is 2.85. The summed E-state index contributed by atoms with van der Waals surface area (Å²) >= 11 is 5.76. The maximum atomic E-state index is 5.76. The first kappa shape index (κ1) is 9.36. The average molecular weight is 186 g/mol. The van der Waals surface area contributed by atoms with Gasteiger partial charge in [-0.3, -0.25) is 0 Å². The topological polar surface area (TPSA) is 21.3 Å². The molecule has 0 spiro atoms. The van der Waals surface area contributed by atoms with Gasteiger partial charge in [0.05, 0.1) is 0 Å². The highest BCUT2D eigenvalue weighted by atomic mass is 35.5. The summed E-state index contributed by atoms with van der Waals surface area (Å²) in [5.74, 6) is 0.817. The Hall–Kier alpha value is -0.730. The second kappa shape index (κ2) is 5.01. The molecule has 0 aliphatic rings. The summed E-state index contributed by atoms with van der Waals surface area (Å²) in [4.78, 5) is 0. The van der Waals surface area contributed by atoms with Gasteiger partial charge in [-0.2, -0.15) is 0 Å². The highest BCUT2D eigenvalue weighted by molar-refractivity contribution is 6.30. The van der Waals surface area contributed by atoms with E-state index in [1.54, 1.807) is 6.07 Å². The lowest BCUT2D eigenvalue weighted by atomic mass is 10.3. The van der Waals surface area contributed by atoms with Crippen LogP contribution < -0.4 is 10.1 Å². The quantitative estimate of drug-likeness (QED) is 0.724. The molecule has 1 aromatic carbocycles. The van der Waals surface area contributed by atoms with Crippen LogP contribution in [0.4, 0.5) is 0 Å². The van der Waals surface area contributed by atoms with Gasteiger partial charge in [0.25, 0.3) is 0 Å². The molecule has 1 N–H and O–H groups in total. The molecule has 0 unspecified atom stereocenters. The number of halogens is 1. The first-order valence-corrected chi connectivity index (χ1v) is 4.23. The molecule has 0 atom stereocenters. The molecule has 1 aromatic rings. The maximum absolute atomic E-state index is 5.76. The molecule has 0 saturated carbocycles. The van der Waals surface area contributed by atoms with Crippen LogP contribution in [0.15, 0.2) is 24.3 Å². The van der Waals surface area contributed by atoms with Gasteiger partial charge in [-0.1, -0.05) is 17.7 Å². The van der Waals surface area contributed by atoms with E-state index in [4.69, 9.17) is 16.3 Å².